The Morgan fingerprint density at radius 3 is 2.89 bits per heavy atom. The largest absolute Gasteiger partial charge is 0.299 e. The summed E-state index contributed by atoms with van der Waals surface area (Å²) < 4.78 is 2.87. The highest BCUT2D eigenvalue weighted by molar-refractivity contribution is 7.99. The molecule has 0 saturated carbocycles. The second-order valence-electron chi connectivity index (χ2n) is 4.82. The third-order valence-corrected chi connectivity index (χ3v) is 5.14. The molecule has 3 rings (SSSR count). The van der Waals surface area contributed by atoms with Gasteiger partial charge in [-0.25, -0.2) is 0 Å². The van der Waals surface area contributed by atoms with Gasteiger partial charge in [0.2, 0.25) is 0 Å². The summed E-state index contributed by atoms with van der Waals surface area (Å²) in [7, 11) is 0. The molecule has 100 valence electrons. The summed E-state index contributed by atoms with van der Waals surface area (Å²) in [5.74, 6) is 2.23. The van der Waals surface area contributed by atoms with Gasteiger partial charge in [0.15, 0.2) is 10.6 Å². The number of H-pyrrole nitrogens is 1. The molecule has 1 unspecified atom stereocenters. The Morgan fingerprint density at radius 2 is 2.16 bits per heavy atom. The summed E-state index contributed by atoms with van der Waals surface area (Å²) >= 11 is 7.44. The molecule has 3 nitrogen and oxygen atoms in total. The number of thioether (sulfide) groups is 1. The zero-order valence-electron chi connectivity index (χ0n) is 10.7. The molecule has 19 heavy (non-hydrogen) atoms. The zero-order valence-corrected chi connectivity index (χ0v) is 12.3. The summed E-state index contributed by atoms with van der Waals surface area (Å²) in [6.07, 6.45) is 3.97. The Bertz CT molecular complexity index is 582. The molecular weight excluding hydrogens is 274 g/mol. The first-order valence-electron chi connectivity index (χ1n) is 6.67. The summed E-state index contributed by atoms with van der Waals surface area (Å²) in [5, 5.41) is 7.99. The molecule has 2 heterocycles. The van der Waals surface area contributed by atoms with Gasteiger partial charge in [-0.05, 0) is 30.8 Å². The standard InChI is InChI=1S/C14H17N3S2/c18-14-16-15-13(11-6-2-1-3-7-11)17(14)10-12-8-4-5-9-19-12/h1-3,6-7,12H,4-5,8-10H2,(H,16,18). The maximum Gasteiger partial charge on any atom is 0.195 e. The number of benzene rings is 1. The van der Waals surface area contributed by atoms with E-state index in [9.17, 15) is 0 Å². The minimum atomic E-state index is 0.667. The Labute approximate surface area is 122 Å². The van der Waals surface area contributed by atoms with Crippen molar-refractivity contribution in [1.29, 1.82) is 0 Å². The first-order chi connectivity index (χ1) is 9.34. The maximum absolute atomic E-state index is 5.38. The van der Waals surface area contributed by atoms with Crippen LogP contribution in [0.4, 0.5) is 0 Å². The Balaban J connectivity index is 1.88. The van der Waals surface area contributed by atoms with Crippen molar-refractivity contribution in [2.45, 2.75) is 31.1 Å². The third-order valence-electron chi connectivity index (χ3n) is 3.45. The summed E-state index contributed by atoms with van der Waals surface area (Å²) in [6, 6.07) is 10.2. The van der Waals surface area contributed by atoms with E-state index >= 15 is 0 Å². The lowest BCUT2D eigenvalue weighted by Gasteiger charge is -2.22. The summed E-state index contributed by atoms with van der Waals surface area (Å²) in [6.45, 7) is 0.963. The fraction of sp³-hybridized carbons (Fsp3) is 0.429. The highest BCUT2D eigenvalue weighted by atomic mass is 32.2. The van der Waals surface area contributed by atoms with Crippen LogP contribution in [0.15, 0.2) is 30.3 Å². The van der Waals surface area contributed by atoms with Crippen molar-refractivity contribution in [2.24, 2.45) is 0 Å². The molecular formula is C14H17N3S2. The van der Waals surface area contributed by atoms with Gasteiger partial charge in [0.25, 0.3) is 0 Å². The average molecular weight is 291 g/mol. The van der Waals surface area contributed by atoms with Crippen LogP contribution in [0, 0.1) is 4.77 Å². The highest BCUT2D eigenvalue weighted by Crippen LogP contribution is 2.28. The lowest BCUT2D eigenvalue weighted by atomic mass is 10.2. The molecule has 1 N–H and O–H groups in total. The first kappa shape index (κ1) is 12.9. The van der Waals surface area contributed by atoms with Crippen LogP contribution < -0.4 is 0 Å². The summed E-state index contributed by atoms with van der Waals surface area (Å²) in [4.78, 5) is 0. The SMILES string of the molecule is S=c1[nH]nc(-c2ccccc2)n1CC1CCCCS1. The van der Waals surface area contributed by atoms with Gasteiger partial charge >= 0.3 is 0 Å². The lowest BCUT2D eigenvalue weighted by Crippen LogP contribution is -2.17. The van der Waals surface area contributed by atoms with Gasteiger partial charge in [0.1, 0.15) is 0 Å². The maximum atomic E-state index is 5.38. The van der Waals surface area contributed by atoms with Crippen LogP contribution in [0.1, 0.15) is 19.3 Å². The van der Waals surface area contributed by atoms with Crippen LogP contribution in [0.3, 0.4) is 0 Å². The van der Waals surface area contributed by atoms with Gasteiger partial charge in [-0.3, -0.25) is 9.67 Å². The number of rotatable bonds is 3. The van der Waals surface area contributed by atoms with Crippen LogP contribution in [-0.4, -0.2) is 25.8 Å². The molecule has 1 saturated heterocycles. The van der Waals surface area contributed by atoms with E-state index in [1.165, 1.54) is 25.0 Å². The molecule has 0 spiro atoms. The Hall–Kier alpha value is -1.07. The summed E-state index contributed by atoms with van der Waals surface area (Å²) in [5.41, 5.74) is 1.12. The highest BCUT2D eigenvalue weighted by Gasteiger charge is 2.17. The predicted molar refractivity (Wildman–Crippen MR) is 82.9 cm³/mol. The topological polar surface area (TPSA) is 33.6 Å². The molecule has 1 atom stereocenters. The van der Waals surface area contributed by atoms with Gasteiger partial charge in [0, 0.05) is 17.4 Å². The van der Waals surface area contributed by atoms with Gasteiger partial charge in [-0.1, -0.05) is 36.8 Å². The monoisotopic (exact) mass is 291 g/mol. The van der Waals surface area contributed by atoms with Crippen LogP contribution in [0.2, 0.25) is 0 Å². The van der Waals surface area contributed by atoms with Crippen molar-refractivity contribution >= 4 is 24.0 Å². The second kappa shape index (κ2) is 5.92. The van der Waals surface area contributed by atoms with Crippen molar-refractivity contribution < 1.29 is 0 Å². The molecule has 1 aromatic heterocycles. The molecule has 0 radical (unpaired) electrons. The van der Waals surface area contributed by atoms with E-state index in [-0.39, 0.29) is 0 Å². The normalized spacial score (nSPS) is 19.5. The van der Waals surface area contributed by atoms with Crippen LogP contribution in [0.5, 0.6) is 0 Å². The average Bonchev–Trinajstić information content (AvgIpc) is 2.82. The molecule has 1 aliphatic heterocycles. The van der Waals surface area contributed by atoms with Crippen molar-refractivity contribution in [1.82, 2.24) is 14.8 Å². The smallest absolute Gasteiger partial charge is 0.195 e. The van der Waals surface area contributed by atoms with Crippen molar-refractivity contribution in [3.05, 3.63) is 35.1 Å². The van der Waals surface area contributed by atoms with E-state index in [1.54, 1.807) is 0 Å². The molecule has 1 aromatic carbocycles. The molecule has 1 aliphatic rings. The Kier molecular flexibility index (Phi) is 4.03. The lowest BCUT2D eigenvalue weighted by molar-refractivity contribution is 0.581. The van der Waals surface area contributed by atoms with E-state index in [2.05, 4.69) is 38.7 Å². The van der Waals surface area contributed by atoms with Crippen molar-refractivity contribution in [3.63, 3.8) is 0 Å². The van der Waals surface area contributed by atoms with E-state index in [0.29, 0.717) is 5.25 Å². The second-order valence-corrected chi connectivity index (χ2v) is 6.61. The molecule has 0 aliphatic carbocycles. The van der Waals surface area contributed by atoms with E-state index in [4.69, 9.17) is 12.2 Å². The van der Waals surface area contributed by atoms with Crippen LogP contribution in [-0.2, 0) is 6.54 Å². The number of aromatic nitrogens is 3. The molecule has 5 heteroatoms. The van der Waals surface area contributed by atoms with Crippen molar-refractivity contribution in [2.75, 3.05) is 5.75 Å². The first-order valence-corrected chi connectivity index (χ1v) is 8.12. The van der Waals surface area contributed by atoms with Gasteiger partial charge in [-0.15, -0.1) is 0 Å². The minimum Gasteiger partial charge on any atom is -0.299 e. The quantitative estimate of drug-likeness (QED) is 0.871. The third kappa shape index (κ3) is 2.92. The Morgan fingerprint density at radius 1 is 1.32 bits per heavy atom. The molecule has 1 fully saturated rings. The molecule has 0 bridgehead atoms. The van der Waals surface area contributed by atoms with Crippen LogP contribution >= 0.6 is 24.0 Å². The van der Waals surface area contributed by atoms with E-state index in [1.807, 2.05) is 18.2 Å². The van der Waals surface area contributed by atoms with Crippen LogP contribution in [0.25, 0.3) is 11.4 Å². The fourth-order valence-corrected chi connectivity index (χ4v) is 3.95. The zero-order chi connectivity index (χ0) is 13.1. The number of hydrogen-bond donors (Lipinski definition) is 1. The number of nitrogens with one attached hydrogen (secondary N) is 1. The molecule has 0 amide bonds. The number of hydrogen-bond acceptors (Lipinski definition) is 3. The molecule has 2 aromatic rings. The number of aromatic amines is 1. The van der Waals surface area contributed by atoms with Crippen molar-refractivity contribution in [3.8, 4) is 11.4 Å². The number of nitrogens with zero attached hydrogens (tertiary/aromatic N) is 2. The minimum absolute atomic E-state index is 0.667. The fourth-order valence-electron chi connectivity index (χ4n) is 2.45. The van der Waals surface area contributed by atoms with Gasteiger partial charge < -0.3 is 0 Å². The predicted octanol–water partition coefficient (Wildman–Crippen LogP) is 3.89. The van der Waals surface area contributed by atoms with Gasteiger partial charge in [0.05, 0.1) is 0 Å². The van der Waals surface area contributed by atoms with Gasteiger partial charge in [-0.2, -0.15) is 16.9 Å². The van der Waals surface area contributed by atoms with E-state index in [0.717, 1.165) is 22.7 Å². The van der Waals surface area contributed by atoms with E-state index < -0.39 is 0 Å².